The van der Waals surface area contributed by atoms with Crippen molar-refractivity contribution in [1.82, 2.24) is 5.32 Å². The zero-order valence-electron chi connectivity index (χ0n) is 9.26. The molecule has 0 saturated heterocycles. The van der Waals surface area contributed by atoms with E-state index in [4.69, 9.17) is 5.26 Å². The minimum atomic E-state index is 0.617. The molecule has 1 N–H and O–H groups in total. The second-order valence-corrected chi connectivity index (χ2v) is 3.41. The van der Waals surface area contributed by atoms with E-state index in [9.17, 15) is 0 Å². The zero-order valence-corrected chi connectivity index (χ0v) is 9.26. The van der Waals surface area contributed by atoms with E-state index in [0.29, 0.717) is 6.42 Å². The summed E-state index contributed by atoms with van der Waals surface area (Å²) in [4.78, 5) is 0. The van der Waals surface area contributed by atoms with Gasteiger partial charge in [-0.25, -0.2) is 0 Å². The molecule has 0 rings (SSSR count). The van der Waals surface area contributed by atoms with Crippen molar-refractivity contribution in [2.24, 2.45) is 0 Å². The number of unbranched alkanes of at least 4 members (excludes halogenated alkanes) is 3. The fraction of sp³-hybridized carbons (Fsp3) is 0.750. The Morgan fingerprint density at radius 2 is 1.86 bits per heavy atom. The molecule has 0 saturated carbocycles. The second kappa shape index (κ2) is 12.2. The SMILES string of the molecule is CCCC/C=C/CCCNCCC#N. The van der Waals surface area contributed by atoms with E-state index in [1.165, 1.54) is 25.7 Å². The van der Waals surface area contributed by atoms with Crippen LogP contribution >= 0.6 is 0 Å². The number of nitriles is 1. The first kappa shape index (κ1) is 13.2. The average Bonchev–Trinajstić information content (AvgIpc) is 2.21. The van der Waals surface area contributed by atoms with Gasteiger partial charge in [0.05, 0.1) is 6.07 Å². The van der Waals surface area contributed by atoms with Gasteiger partial charge in [0.1, 0.15) is 0 Å². The van der Waals surface area contributed by atoms with Crippen molar-refractivity contribution in [3.05, 3.63) is 12.2 Å². The molecule has 0 unspecified atom stereocenters. The molecule has 0 atom stereocenters. The van der Waals surface area contributed by atoms with Crippen LogP contribution in [0.4, 0.5) is 0 Å². The van der Waals surface area contributed by atoms with Crippen molar-refractivity contribution < 1.29 is 0 Å². The maximum atomic E-state index is 8.29. The summed E-state index contributed by atoms with van der Waals surface area (Å²) < 4.78 is 0. The second-order valence-electron chi connectivity index (χ2n) is 3.41. The van der Waals surface area contributed by atoms with E-state index in [0.717, 1.165) is 19.5 Å². The number of rotatable bonds is 9. The molecule has 0 aromatic rings. The molecule has 0 amide bonds. The first-order valence-electron chi connectivity index (χ1n) is 5.64. The summed E-state index contributed by atoms with van der Waals surface area (Å²) in [6, 6.07) is 2.12. The van der Waals surface area contributed by atoms with Gasteiger partial charge in [0.25, 0.3) is 0 Å². The third-order valence-electron chi connectivity index (χ3n) is 2.03. The van der Waals surface area contributed by atoms with Crippen molar-refractivity contribution in [2.45, 2.75) is 45.4 Å². The third kappa shape index (κ3) is 11.2. The molecule has 2 nitrogen and oxygen atoms in total. The molecule has 2 heteroatoms. The van der Waals surface area contributed by atoms with Gasteiger partial charge in [0.2, 0.25) is 0 Å². The van der Waals surface area contributed by atoms with Gasteiger partial charge in [-0.1, -0.05) is 31.9 Å². The predicted molar refractivity (Wildman–Crippen MR) is 61.0 cm³/mol. The maximum absolute atomic E-state index is 8.29. The van der Waals surface area contributed by atoms with Gasteiger partial charge in [0.15, 0.2) is 0 Å². The summed E-state index contributed by atoms with van der Waals surface area (Å²) in [5.74, 6) is 0. The fourth-order valence-corrected chi connectivity index (χ4v) is 1.17. The van der Waals surface area contributed by atoms with Gasteiger partial charge < -0.3 is 5.32 Å². The molecule has 0 aliphatic heterocycles. The summed E-state index contributed by atoms with van der Waals surface area (Å²) in [6.45, 7) is 4.07. The minimum absolute atomic E-state index is 0.617. The molecule has 14 heavy (non-hydrogen) atoms. The normalized spacial score (nSPS) is 10.6. The highest BCUT2D eigenvalue weighted by atomic mass is 14.8. The molecule has 0 spiro atoms. The van der Waals surface area contributed by atoms with E-state index in [1.54, 1.807) is 0 Å². The Kier molecular flexibility index (Phi) is 11.5. The predicted octanol–water partition coefficient (Wildman–Crippen LogP) is 3.02. The maximum Gasteiger partial charge on any atom is 0.0635 e. The summed E-state index contributed by atoms with van der Waals surface area (Å²) in [5.41, 5.74) is 0. The van der Waals surface area contributed by atoms with Crippen LogP contribution in [0.25, 0.3) is 0 Å². The highest BCUT2D eigenvalue weighted by Crippen LogP contribution is 1.97. The first-order valence-corrected chi connectivity index (χ1v) is 5.64. The van der Waals surface area contributed by atoms with E-state index in [-0.39, 0.29) is 0 Å². The minimum Gasteiger partial charge on any atom is -0.316 e. The summed E-state index contributed by atoms with van der Waals surface area (Å²) >= 11 is 0. The number of nitrogens with one attached hydrogen (secondary N) is 1. The van der Waals surface area contributed by atoms with Crippen LogP contribution in [0.1, 0.15) is 45.4 Å². The molecule has 0 bridgehead atoms. The van der Waals surface area contributed by atoms with Crippen LogP contribution in [-0.4, -0.2) is 13.1 Å². The quantitative estimate of drug-likeness (QED) is 0.452. The Morgan fingerprint density at radius 3 is 2.50 bits per heavy atom. The molecular weight excluding hydrogens is 172 g/mol. The lowest BCUT2D eigenvalue weighted by atomic mass is 10.2. The molecule has 0 aliphatic rings. The van der Waals surface area contributed by atoms with Gasteiger partial charge in [-0.3, -0.25) is 0 Å². The van der Waals surface area contributed by atoms with E-state index < -0.39 is 0 Å². The lowest BCUT2D eigenvalue weighted by Gasteiger charge is -1.98. The van der Waals surface area contributed by atoms with Crippen LogP contribution < -0.4 is 5.32 Å². The summed E-state index contributed by atoms with van der Waals surface area (Å²) in [7, 11) is 0. The van der Waals surface area contributed by atoms with Crippen LogP contribution in [0.3, 0.4) is 0 Å². The Bertz CT molecular complexity index is 168. The monoisotopic (exact) mass is 194 g/mol. The van der Waals surface area contributed by atoms with Crippen molar-refractivity contribution in [2.75, 3.05) is 13.1 Å². The highest BCUT2D eigenvalue weighted by Gasteiger charge is 1.85. The number of hydrogen-bond donors (Lipinski definition) is 1. The van der Waals surface area contributed by atoms with Crippen LogP contribution in [-0.2, 0) is 0 Å². The van der Waals surface area contributed by atoms with Crippen molar-refractivity contribution in [3.63, 3.8) is 0 Å². The van der Waals surface area contributed by atoms with Crippen molar-refractivity contribution in [1.29, 1.82) is 5.26 Å². The Labute approximate surface area is 88.0 Å². The molecule has 0 aliphatic carbocycles. The zero-order chi connectivity index (χ0) is 10.5. The molecule has 0 radical (unpaired) electrons. The van der Waals surface area contributed by atoms with Gasteiger partial charge in [-0.2, -0.15) is 5.26 Å². The fourth-order valence-electron chi connectivity index (χ4n) is 1.17. The molecular formula is C12H22N2. The highest BCUT2D eigenvalue weighted by molar-refractivity contribution is 4.81. The lowest BCUT2D eigenvalue weighted by Crippen LogP contribution is -2.15. The summed E-state index contributed by atoms with van der Waals surface area (Å²) in [6.07, 6.45) is 11.3. The number of allylic oxidation sites excluding steroid dienone is 2. The van der Waals surface area contributed by atoms with E-state index >= 15 is 0 Å². The smallest absolute Gasteiger partial charge is 0.0635 e. The van der Waals surface area contributed by atoms with Crippen LogP contribution in [0, 0.1) is 11.3 Å². The average molecular weight is 194 g/mol. The Hall–Kier alpha value is -0.810. The van der Waals surface area contributed by atoms with Crippen LogP contribution in [0.2, 0.25) is 0 Å². The Morgan fingerprint density at radius 1 is 1.14 bits per heavy atom. The third-order valence-corrected chi connectivity index (χ3v) is 2.03. The first-order chi connectivity index (χ1) is 6.91. The molecule has 0 fully saturated rings. The van der Waals surface area contributed by atoms with E-state index in [1.807, 2.05) is 0 Å². The molecule has 80 valence electrons. The lowest BCUT2D eigenvalue weighted by molar-refractivity contribution is 0.660. The number of nitrogens with zero attached hydrogens (tertiary/aromatic N) is 1. The Balaban J connectivity index is 2.98. The van der Waals surface area contributed by atoms with Crippen molar-refractivity contribution >= 4 is 0 Å². The van der Waals surface area contributed by atoms with Crippen molar-refractivity contribution in [3.8, 4) is 6.07 Å². The number of hydrogen-bond acceptors (Lipinski definition) is 2. The molecule has 0 heterocycles. The molecule has 0 aromatic heterocycles. The van der Waals surface area contributed by atoms with Gasteiger partial charge in [-0.05, 0) is 25.8 Å². The van der Waals surface area contributed by atoms with Gasteiger partial charge >= 0.3 is 0 Å². The van der Waals surface area contributed by atoms with E-state index in [2.05, 4.69) is 30.5 Å². The summed E-state index contributed by atoms with van der Waals surface area (Å²) in [5, 5.41) is 11.5. The van der Waals surface area contributed by atoms with Gasteiger partial charge in [-0.15, -0.1) is 0 Å². The topological polar surface area (TPSA) is 35.8 Å². The van der Waals surface area contributed by atoms with Crippen LogP contribution in [0.5, 0.6) is 0 Å². The van der Waals surface area contributed by atoms with Gasteiger partial charge in [0, 0.05) is 13.0 Å². The largest absolute Gasteiger partial charge is 0.316 e. The molecule has 0 aromatic carbocycles. The van der Waals surface area contributed by atoms with Crippen LogP contribution in [0.15, 0.2) is 12.2 Å². The standard InChI is InChI=1S/C12H22N2/c1-2-3-4-5-6-7-8-11-14-12-9-10-13/h5-6,14H,2-4,7-9,11-12H2,1H3/b6-5+.